The zero-order chi connectivity index (χ0) is 10.4. The third kappa shape index (κ3) is 1.52. The van der Waals surface area contributed by atoms with Gasteiger partial charge in [-0.2, -0.15) is 0 Å². The molecule has 0 aromatic rings. The van der Waals surface area contributed by atoms with Gasteiger partial charge in [0.1, 0.15) is 0 Å². The number of ether oxygens (including phenoxy) is 1. The van der Waals surface area contributed by atoms with Gasteiger partial charge in [-0.3, -0.25) is 0 Å². The Labute approximate surface area is 87.5 Å². The minimum absolute atomic E-state index is 0.0411. The molecule has 1 heteroatoms. The van der Waals surface area contributed by atoms with E-state index in [1.807, 2.05) is 0 Å². The topological polar surface area (TPSA) is 9.23 Å². The van der Waals surface area contributed by atoms with Crippen molar-refractivity contribution < 1.29 is 4.74 Å². The van der Waals surface area contributed by atoms with E-state index in [1.165, 1.54) is 19.3 Å². The molecule has 0 aromatic carbocycles. The lowest BCUT2D eigenvalue weighted by molar-refractivity contribution is -0.0872. The lowest BCUT2D eigenvalue weighted by Gasteiger charge is -2.49. The molecular formula is C13H22O. The van der Waals surface area contributed by atoms with E-state index in [9.17, 15) is 0 Å². The number of rotatable bonds is 0. The first-order valence-corrected chi connectivity index (χ1v) is 5.83. The Balaban J connectivity index is 2.35. The highest BCUT2D eigenvalue weighted by Crippen LogP contribution is 2.49. The van der Waals surface area contributed by atoms with Crippen molar-refractivity contribution >= 4 is 0 Å². The molecule has 2 unspecified atom stereocenters. The van der Waals surface area contributed by atoms with Crippen molar-refractivity contribution in [3.8, 4) is 0 Å². The second-order valence-electron chi connectivity index (χ2n) is 5.75. The van der Waals surface area contributed by atoms with E-state index in [4.69, 9.17) is 4.74 Å². The molecule has 0 aromatic heterocycles. The van der Waals surface area contributed by atoms with Crippen LogP contribution in [0.15, 0.2) is 11.6 Å². The summed E-state index contributed by atoms with van der Waals surface area (Å²) in [4.78, 5) is 0. The molecule has 1 aliphatic heterocycles. The summed E-state index contributed by atoms with van der Waals surface area (Å²) in [6.45, 7) is 9.17. The van der Waals surface area contributed by atoms with Crippen LogP contribution in [0.2, 0.25) is 0 Å². The Bertz CT molecular complexity index is 264. The molecule has 1 aliphatic carbocycles. The third-order valence-corrected chi connectivity index (χ3v) is 3.87. The number of hydrogen-bond donors (Lipinski definition) is 0. The Morgan fingerprint density at radius 3 is 2.71 bits per heavy atom. The summed E-state index contributed by atoms with van der Waals surface area (Å²) < 4.78 is 6.15. The van der Waals surface area contributed by atoms with E-state index in [-0.39, 0.29) is 5.60 Å². The lowest BCUT2D eigenvalue weighted by atomic mass is 9.65. The van der Waals surface area contributed by atoms with Crippen LogP contribution in [0.1, 0.15) is 53.4 Å². The molecule has 0 spiro atoms. The molecule has 2 rings (SSSR count). The van der Waals surface area contributed by atoms with Gasteiger partial charge in [0.2, 0.25) is 0 Å². The van der Waals surface area contributed by atoms with Gasteiger partial charge in [-0.25, -0.2) is 0 Å². The van der Waals surface area contributed by atoms with Gasteiger partial charge in [-0.15, -0.1) is 0 Å². The molecular weight excluding hydrogens is 172 g/mol. The fourth-order valence-corrected chi connectivity index (χ4v) is 3.24. The van der Waals surface area contributed by atoms with E-state index >= 15 is 0 Å². The Morgan fingerprint density at radius 2 is 2.00 bits per heavy atom. The van der Waals surface area contributed by atoms with Crippen molar-refractivity contribution in [3.63, 3.8) is 0 Å². The molecule has 1 nitrogen and oxygen atoms in total. The summed E-state index contributed by atoms with van der Waals surface area (Å²) in [5.41, 5.74) is 1.95. The third-order valence-electron chi connectivity index (χ3n) is 3.87. The minimum Gasteiger partial charge on any atom is -0.368 e. The quantitative estimate of drug-likeness (QED) is 0.534. The van der Waals surface area contributed by atoms with Crippen LogP contribution in [-0.4, -0.2) is 11.7 Å². The van der Waals surface area contributed by atoms with Crippen LogP contribution >= 0.6 is 0 Å². The maximum absolute atomic E-state index is 6.15. The van der Waals surface area contributed by atoms with Crippen LogP contribution in [0, 0.1) is 5.41 Å². The first kappa shape index (κ1) is 10.2. The molecule has 1 fully saturated rings. The van der Waals surface area contributed by atoms with E-state index in [0.29, 0.717) is 11.5 Å². The molecule has 0 bridgehead atoms. The van der Waals surface area contributed by atoms with E-state index in [0.717, 1.165) is 6.42 Å². The van der Waals surface area contributed by atoms with Crippen LogP contribution in [-0.2, 0) is 4.74 Å². The molecule has 1 heterocycles. The SMILES string of the molecule is CC1CC=C2C(C)(C)CCCC2(C)O1. The predicted molar refractivity (Wildman–Crippen MR) is 59.3 cm³/mol. The van der Waals surface area contributed by atoms with Gasteiger partial charge in [0.15, 0.2) is 0 Å². The zero-order valence-corrected chi connectivity index (χ0v) is 9.89. The molecule has 2 aliphatic rings. The van der Waals surface area contributed by atoms with Crippen LogP contribution < -0.4 is 0 Å². The van der Waals surface area contributed by atoms with Gasteiger partial charge < -0.3 is 4.74 Å². The largest absolute Gasteiger partial charge is 0.368 e. The van der Waals surface area contributed by atoms with Gasteiger partial charge in [0.05, 0.1) is 11.7 Å². The average molecular weight is 194 g/mol. The van der Waals surface area contributed by atoms with Gasteiger partial charge in [-0.05, 0) is 50.5 Å². The fraction of sp³-hybridized carbons (Fsp3) is 0.846. The summed E-state index contributed by atoms with van der Waals surface area (Å²) in [6, 6.07) is 0. The molecule has 80 valence electrons. The zero-order valence-electron chi connectivity index (χ0n) is 9.89. The average Bonchev–Trinajstić information content (AvgIpc) is 2.00. The van der Waals surface area contributed by atoms with E-state index < -0.39 is 0 Å². The molecule has 0 N–H and O–H groups in total. The smallest absolute Gasteiger partial charge is 0.0872 e. The van der Waals surface area contributed by atoms with E-state index in [2.05, 4.69) is 33.8 Å². The number of hydrogen-bond acceptors (Lipinski definition) is 1. The van der Waals surface area contributed by atoms with Gasteiger partial charge in [0, 0.05) is 0 Å². The number of fused-ring (bicyclic) bond motifs is 1. The first-order chi connectivity index (χ1) is 6.44. The second-order valence-corrected chi connectivity index (χ2v) is 5.75. The monoisotopic (exact) mass is 194 g/mol. The highest BCUT2D eigenvalue weighted by molar-refractivity contribution is 5.27. The summed E-state index contributed by atoms with van der Waals surface area (Å²) in [7, 11) is 0. The molecule has 0 saturated heterocycles. The Morgan fingerprint density at radius 1 is 1.29 bits per heavy atom. The summed E-state index contributed by atoms with van der Waals surface area (Å²) in [5, 5.41) is 0. The predicted octanol–water partition coefficient (Wildman–Crippen LogP) is 3.69. The highest BCUT2D eigenvalue weighted by atomic mass is 16.5. The molecule has 0 radical (unpaired) electrons. The lowest BCUT2D eigenvalue weighted by Crippen LogP contribution is -2.46. The maximum Gasteiger partial charge on any atom is 0.0872 e. The van der Waals surface area contributed by atoms with Gasteiger partial charge >= 0.3 is 0 Å². The summed E-state index contributed by atoms with van der Waals surface area (Å²) >= 11 is 0. The van der Waals surface area contributed by atoms with Gasteiger partial charge in [-0.1, -0.05) is 19.9 Å². The fourth-order valence-electron chi connectivity index (χ4n) is 3.24. The summed E-state index contributed by atoms with van der Waals surface area (Å²) in [6.07, 6.45) is 7.74. The van der Waals surface area contributed by atoms with Crippen molar-refractivity contribution in [3.05, 3.63) is 11.6 Å². The van der Waals surface area contributed by atoms with Gasteiger partial charge in [0.25, 0.3) is 0 Å². The van der Waals surface area contributed by atoms with Crippen LogP contribution in [0.25, 0.3) is 0 Å². The van der Waals surface area contributed by atoms with Crippen molar-refractivity contribution in [1.29, 1.82) is 0 Å². The first-order valence-electron chi connectivity index (χ1n) is 5.83. The molecule has 14 heavy (non-hydrogen) atoms. The standard InChI is InChI=1S/C13H22O/c1-10-6-7-11-12(2,3)8-5-9-13(11,4)14-10/h7,10H,5-6,8-9H2,1-4H3. The van der Waals surface area contributed by atoms with Crippen LogP contribution in [0.3, 0.4) is 0 Å². The maximum atomic E-state index is 6.15. The van der Waals surface area contributed by atoms with Crippen LogP contribution in [0.5, 0.6) is 0 Å². The normalized spacial score (nSPS) is 41.4. The van der Waals surface area contributed by atoms with Crippen molar-refractivity contribution in [2.75, 3.05) is 0 Å². The Hall–Kier alpha value is -0.300. The van der Waals surface area contributed by atoms with Crippen molar-refractivity contribution in [2.24, 2.45) is 5.41 Å². The molecule has 1 saturated carbocycles. The molecule has 0 amide bonds. The highest BCUT2D eigenvalue weighted by Gasteiger charge is 2.44. The van der Waals surface area contributed by atoms with Crippen LogP contribution in [0.4, 0.5) is 0 Å². The minimum atomic E-state index is 0.0411. The van der Waals surface area contributed by atoms with Crippen molar-refractivity contribution in [2.45, 2.75) is 65.1 Å². The Kier molecular flexibility index (Phi) is 2.26. The molecule has 2 atom stereocenters. The van der Waals surface area contributed by atoms with E-state index in [1.54, 1.807) is 5.57 Å². The second kappa shape index (κ2) is 3.10. The summed E-state index contributed by atoms with van der Waals surface area (Å²) in [5.74, 6) is 0. The van der Waals surface area contributed by atoms with Crippen molar-refractivity contribution in [1.82, 2.24) is 0 Å².